The van der Waals surface area contributed by atoms with Gasteiger partial charge in [-0.1, -0.05) is 40.0 Å². The number of ether oxygens (including phenoxy) is 1. The lowest BCUT2D eigenvalue weighted by Gasteiger charge is -2.36. The number of nitrogens with one attached hydrogen (secondary N) is 1. The third-order valence-electron chi connectivity index (χ3n) is 4.36. The van der Waals surface area contributed by atoms with E-state index in [-0.39, 0.29) is 0 Å². The Kier molecular flexibility index (Phi) is 6.65. The zero-order valence-electron chi connectivity index (χ0n) is 13.1. The molecule has 0 spiro atoms. The van der Waals surface area contributed by atoms with Crippen LogP contribution in [0.25, 0.3) is 0 Å². The summed E-state index contributed by atoms with van der Waals surface area (Å²) >= 11 is 0. The number of methoxy groups -OCH3 is 1. The lowest BCUT2D eigenvalue weighted by molar-refractivity contribution is 0.00554. The van der Waals surface area contributed by atoms with E-state index in [4.69, 9.17) is 4.74 Å². The average molecular weight is 255 g/mol. The Morgan fingerprint density at radius 2 is 1.78 bits per heavy atom. The molecule has 1 aliphatic rings. The van der Waals surface area contributed by atoms with Crippen molar-refractivity contribution in [1.82, 2.24) is 5.32 Å². The minimum Gasteiger partial charge on any atom is -0.380 e. The highest BCUT2D eigenvalue weighted by molar-refractivity contribution is 4.85. The van der Waals surface area contributed by atoms with Gasteiger partial charge in [0.2, 0.25) is 0 Å². The summed E-state index contributed by atoms with van der Waals surface area (Å²) in [6.45, 7) is 6.96. The maximum atomic E-state index is 5.85. The molecule has 0 heterocycles. The molecule has 1 aliphatic carbocycles. The van der Waals surface area contributed by atoms with Gasteiger partial charge >= 0.3 is 0 Å². The van der Waals surface area contributed by atoms with Gasteiger partial charge in [0.25, 0.3) is 0 Å². The van der Waals surface area contributed by atoms with Gasteiger partial charge in [0, 0.05) is 13.2 Å². The van der Waals surface area contributed by atoms with Crippen LogP contribution in [0.15, 0.2) is 0 Å². The van der Waals surface area contributed by atoms with Crippen molar-refractivity contribution < 1.29 is 4.74 Å². The van der Waals surface area contributed by atoms with Crippen molar-refractivity contribution in [3.8, 4) is 0 Å². The summed E-state index contributed by atoms with van der Waals surface area (Å²) in [4.78, 5) is 0. The molecule has 1 N–H and O–H groups in total. The van der Waals surface area contributed by atoms with E-state index in [0.29, 0.717) is 17.6 Å². The molecule has 0 aliphatic heterocycles. The molecular weight excluding hydrogens is 222 g/mol. The summed E-state index contributed by atoms with van der Waals surface area (Å²) in [5, 5.41) is 3.50. The Hall–Kier alpha value is -0.0800. The zero-order valence-corrected chi connectivity index (χ0v) is 13.1. The summed E-state index contributed by atoms with van der Waals surface area (Å²) < 4.78 is 5.85. The monoisotopic (exact) mass is 255 g/mol. The van der Waals surface area contributed by atoms with E-state index in [1.807, 2.05) is 7.11 Å². The molecule has 18 heavy (non-hydrogen) atoms. The number of rotatable bonds is 6. The fraction of sp³-hybridized carbons (Fsp3) is 1.00. The second-order valence-electron chi connectivity index (χ2n) is 7.09. The van der Waals surface area contributed by atoms with E-state index >= 15 is 0 Å². The predicted molar refractivity (Wildman–Crippen MR) is 78.9 cm³/mol. The van der Waals surface area contributed by atoms with Crippen LogP contribution in [-0.4, -0.2) is 26.3 Å². The molecule has 2 heteroatoms. The minimum absolute atomic E-state index is 0.401. The Morgan fingerprint density at radius 3 is 2.22 bits per heavy atom. The van der Waals surface area contributed by atoms with Crippen LogP contribution in [-0.2, 0) is 4.74 Å². The predicted octanol–water partition coefficient (Wildman–Crippen LogP) is 4.00. The third kappa shape index (κ3) is 5.27. The van der Waals surface area contributed by atoms with Crippen molar-refractivity contribution in [3.05, 3.63) is 0 Å². The van der Waals surface area contributed by atoms with Gasteiger partial charge in [0.1, 0.15) is 0 Å². The molecule has 1 fully saturated rings. The van der Waals surface area contributed by atoms with Crippen LogP contribution in [0.5, 0.6) is 0 Å². The molecule has 108 valence electrons. The second kappa shape index (κ2) is 7.49. The van der Waals surface area contributed by atoms with Crippen LogP contribution in [0.1, 0.15) is 65.7 Å². The highest BCUT2D eigenvalue weighted by Gasteiger charge is 2.30. The topological polar surface area (TPSA) is 21.3 Å². The van der Waals surface area contributed by atoms with E-state index in [2.05, 4.69) is 33.1 Å². The molecule has 2 nitrogen and oxygen atoms in total. The number of likely N-dealkylation sites (N-methyl/N-ethyl adjacent to an activating group) is 1. The van der Waals surface area contributed by atoms with Gasteiger partial charge in [-0.25, -0.2) is 0 Å². The maximum Gasteiger partial charge on any atom is 0.0752 e. The van der Waals surface area contributed by atoms with Crippen molar-refractivity contribution in [2.45, 2.75) is 77.9 Å². The molecule has 0 bridgehead atoms. The van der Waals surface area contributed by atoms with Crippen LogP contribution in [0.4, 0.5) is 0 Å². The van der Waals surface area contributed by atoms with Crippen molar-refractivity contribution in [2.75, 3.05) is 14.2 Å². The van der Waals surface area contributed by atoms with Crippen molar-refractivity contribution in [1.29, 1.82) is 0 Å². The standard InChI is InChI=1S/C16H33NO/c1-16(2,3)12-11-14(17-4)15(18-5)13-9-7-6-8-10-13/h13-15,17H,6-12H2,1-5H3. The van der Waals surface area contributed by atoms with E-state index < -0.39 is 0 Å². The molecule has 1 saturated carbocycles. The summed E-state index contributed by atoms with van der Waals surface area (Å²) in [7, 11) is 3.98. The van der Waals surface area contributed by atoms with Gasteiger partial charge in [0.15, 0.2) is 0 Å². The van der Waals surface area contributed by atoms with Crippen molar-refractivity contribution in [2.24, 2.45) is 11.3 Å². The number of hydrogen-bond donors (Lipinski definition) is 1. The molecule has 2 atom stereocenters. The SMILES string of the molecule is CNC(CCC(C)(C)C)C(OC)C1CCCCC1. The Bertz CT molecular complexity index is 216. The normalized spacial score (nSPS) is 21.8. The van der Waals surface area contributed by atoms with Crippen LogP contribution in [0.2, 0.25) is 0 Å². The van der Waals surface area contributed by atoms with Crippen LogP contribution < -0.4 is 5.32 Å². The fourth-order valence-electron chi connectivity index (χ4n) is 3.21. The van der Waals surface area contributed by atoms with Gasteiger partial charge in [-0.05, 0) is 44.1 Å². The first-order valence-corrected chi connectivity index (χ1v) is 7.68. The van der Waals surface area contributed by atoms with Crippen LogP contribution in [0, 0.1) is 11.3 Å². The first kappa shape index (κ1) is 16.0. The van der Waals surface area contributed by atoms with Gasteiger partial charge in [-0.15, -0.1) is 0 Å². The molecule has 0 saturated heterocycles. The van der Waals surface area contributed by atoms with Crippen LogP contribution in [0.3, 0.4) is 0 Å². The van der Waals surface area contributed by atoms with E-state index in [1.165, 1.54) is 44.9 Å². The fourth-order valence-corrected chi connectivity index (χ4v) is 3.21. The minimum atomic E-state index is 0.401. The van der Waals surface area contributed by atoms with Gasteiger partial charge < -0.3 is 10.1 Å². The molecule has 0 aromatic carbocycles. The maximum absolute atomic E-state index is 5.85. The summed E-state index contributed by atoms with van der Waals surface area (Å²) in [5.74, 6) is 0.765. The Labute approximate surface area is 114 Å². The summed E-state index contributed by atoms with van der Waals surface area (Å²) in [6.07, 6.45) is 9.77. The average Bonchev–Trinajstić information content (AvgIpc) is 2.34. The second-order valence-corrected chi connectivity index (χ2v) is 7.09. The Balaban J connectivity index is 2.53. The lowest BCUT2D eigenvalue weighted by Crippen LogP contribution is -2.44. The highest BCUT2D eigenvalue weighted by Crippen LogP contribution is 2.31. The molecule has 2 unspecified atom stereocenters. The smallest absolute Gasteiger partial charge is 0.0752 e. The van der Waals surface area contributed by atoms with Crippen molar-refractivity contribution >= 4 is 0 Å². The zero-order chi connectivity index (χ0) is 13.6. The largest absolute Gasteiger partial charge is 0.380 e. The first-order valence-electron chi connectivity index (χ1n) is 7.68. The molecule has 0 aromatic rings. The molecule has 0 amide bonds. The summed E-state index contributed by atoms with van der Waals surface area (Å²) in [5.41, 5.74) is 0.417. The van der Waals surface area contributed by atoms with Gasteiger partial charge in [-0.2, -0.15) is 0 Å². The van der Waals surface area contributed by atoms with Gasteiger partial charge in [0.05, 0.1) is 6.10 Å². The molecule has 0 aromatic heterocycles. The summed E-state index contributed by atoms with van der Waals surface area (Å²) in [6, 6.07) is 0.511. The van der Waals surface area contributed by atoms with E-state index in [1.54, 1.807) is 0 Å². The number of hydrogen-bond acceptors (Lipinski definition) is 2. The molecule has 1 rings (SSSR count). The highest BCUT2D eigenvalue weighted by atomic mass is 16.5. The lowest BCUT2D eigenvalue weighted by atomic mass is 9.80. The van der Waals surface area contributed by atoms with E-state index in [0.717, 1.165) is 5.92 Å². The molecule has 0 radical (unpaired) electrons. The molecular formula is C16H33NO. The first-order chi connectivity index (χ1) is 8.48. The van der Waals surface area contributed by atoms with E-state index in [9.17, 15) is 0 Å². The van der Waals surface area contributed by atoms with Crippen LogP contribution >= 0.6 is 0 Å². The quantitative estimate of drug-likeness (QED) is 0.774. The Morgan fingerprint density at radius 1 is 1.17 bits per heavy atom. The van der Waals surface area contributed by atoms with Gasteiger partial charge in [-0.3, -0.25) is 0 Å². The van der Waals surface area contributed by atoms with Crippen molar-refractivity contribution in [3.63, 3.8) is 0 Å². The third-order valence-corrected chi connectivity index (χ3v) is 4.36.